The minimum Gasteiger partial charge on any atom is -0.310 e. The Balaban J connectivity index is 1.44. The molecular formula is C17H21F3N4. The highest BCUT2D eigenvalue weighted by Crippen LogP contribution is 2.20. The summed E-state index contributed by atoms with van der Waals surface area (Å²) in [5, 5.41) is 7.63. The van der Waals surface area contributed by atoms with E-state index >= 15 is 0 Å². The Morgan fingerprint density at radius 3 is 2.42 bits per heavy atom. The summed E-state index contributed by atoms with van der Waals surface area (Å²) in [6, 6.07) is 10.3. The molecule has 2 heterocycles. The molecule has 0 atom stereocenters. The zero-order valence-corrected chi connectivity index (χ0v) is 13.3. The second-order valence-corrected chi connectivity index (χ2v) is 6.16. The van der Waals surface area contributed by atoms with Crippen molar-refractivity contribution in [2.24, 2.45) is 0 Å². The van der Waals surface area contributed by atoms with Gasteiger partial charge in [0.2, 0.25) is 0 Å². The second kappa shape index (κ2) is 7.36. The van der Waals surface area contributed by atoms with Gasteiger partial charge in [0, 0.05) is 25.0 Å². The first-order valence-corrected chi connectivity index (χ1v) is 8.11. The number of nitrogens with zero attached hydrogens (tertiary/aromatic N) is 3. The smallest absolute Gasteiger partial charge is 0.310 e. The normalized spacial score (nSPS) is 17.3. The van der Waals surface area contributed by atoms with Gasteiger partial charge in [-0.2, -0.15) is 18.3 Å². The molecule has 1 saturated heterocycles. The molecular weight excluding hydrogens is 317 g/mol. The molecule has 1 N–H and O–H groups in total. The molecule has 0 saturated carbocycles. The summed E-state index contributed by atoms with van der Waals surface area (Å²) in [5.41, 5.74) is 2.16. The van der Waals surface area contributed by atoms with Crippen molar-refractivity contribution in [2.45, 2.75) is 31.6 Å². The van der Waals surface area contributed by atoms with Crippen molar-refractivity contribution in [3.05, 3.63) is 48.3 Å². The average Bonchev–Trinajstić information content (AvgIpc) is 3.08. The molecule has 1 aliphatic rings. The number of hydrogen-bond acceptors (Lipinski definition) is 3. The summed E-state index contributed by atoms with van der Waals surface area (Å²) in [5.74, 6) is 0. The average molecular weight is 338 g/mol. The number of aromatic nitrogens is 2. The number of rotatable bonds is 5. The molecule has 0 amide bonds. The van der Waals surface area contributed by atoms with Crippen LogP contribution in [-0.2, 0) is 6.54 Å². The topological polar surface area (TPSA) is 33.1 Å². The third kappa shape index (κ3) is 4.82. The van der Waals surface area contributed by atoms with E-state index in [1.165, 1.54) is 4.90 Å². The highest BCUT2D eigenvalue weighted by Gasteiger charge is 2.32. The number of nitrogens with one attached hydrogen (secondary N) is 1. The zero-order valence-electron chi connectivity index (χ0n) is 13.3. The summed E-state index contributed by atoms with van der Waals surface area (Å²) in [6.45, 7) is 0.919. The van der Waals surface area contributed by atoms with E-state index in [0.717, 1.165) is 30.6 Å². The van der Waals surface area contributed by atoms with Crippen molar-refractivity contribution in [1.82, 2.24) is 20.0 Å². The molecule has 7 heteroatoms. The van der Waals surface area contributed by atoms with Crippen LogP contribution in [0.2, 0.25) is 0 Å². The number of hydrogen-bond donors (Lipinski definition) is 1. The van der Waals surface area contributed by atoms with E-state index in [0.29, 0.717) is 13.1 Å². The van der Waals surface area contributed by atoms with Gasteiger partial charge in [0.1, 0.15) is 0 Å². The zero-order chi connectivity index (χ0) is 17.0. The van der Waals surface area contributed by atoms with E-state index in [9.17, 15) is 13.2 Å². The van der Waals surface area contributed by atoms with E-state index in [2.05, 4.69) is 10.4 Å². The Kier molecular flexibility index (Phi) is 5.20. The third-order valence-electron chi connectivity index (χ3n) is 4.29. The van der Waals surface area contributed by atoms with E-state index < -0.39 is 12.7 Å². The van der Waals surface area contributed by atoms with Crippen molar-refractivity contribution in [3.63, 3.8) is 0 Å². The Labute approximate surface area is 139 Å². The lowest BCUT2D eigenvalue weighted by atomic mass is 10.0. The Morgan fingerprint density at radius 1 is 1.12 bits per heavy atom. The van der Waals surface area contributed by atoms with Crippen molar-refractivity contribution < 1.29 is 13.2 Å². The molecule has 2 aromatic rings. The molecule has 1 fully saturated rings. The molecule has 4 nitrogen and oxygen atoms in total. The van der Waals surface area contributed by atoms with Gasteiger partial charge in [-0.1, -0.05) is 12.1 Å². The summed E-state index contributed by atoms with van der Waals surface area (Å²) in [4.78, 5) is 1.48. The van der Waals surface area contributed by atoms with Crippen LogP contribution >= 0.6 is 0 Å². The van der Waals surface area contributed by atoms with E-state index in [4.69, 9.17) is 0 Å². The van der Waals surface area contributed by atoms with Crippen LogP contribution in [0.1, 0.15) is 18.4 Å². The van der Waals surface area contributed by atoms with Gasteiger partial charge >= 0.3 is 6.18 Å². The van der Waals surface area contributed by atoms with Crippen LogP contribution in [-0.4, -0.2) is 46.5 Å². The number of halogens is 3. The first-order chi connectivity index (χ1) is 11.5. The number of alkyl halides is 3. The van der Waals surface area contributed by atoms with Crippen LogP contribution in [0.25, 0.3) is 5.69 Å². The van der Waals surface area contributed by atoms with Crippen LogP contribution in [0.4, 0.5) is 13.2 Å². The lowest BCUT2D eigenvalue weighted by Crippen LogP contribution is -2.45. The summed E-state index contributed by atoms with van der Waals surface area (Å²) >= 11 is 0. The summed E-state index contributed by atoms with van der Waals surface area (Å²) < 4.78 is 38.9. The predicted octanol–water partition coefficient (Wildman–Crippen LogP) is 2.99. The van der Waals surface area contributed by atoms with Crippen molar-refractivity contribution in [2.75, 3.05) is 19.6 Å². The van der Waals surface area contributed by atoms with Gasteiger partial charge in [0.25, 0.3) is 0 Å². The maximum Gasteiger partial charge on any atom is 0.401 e. The third-order valence-corrected chi connectivity index (χ3v) is 4.29. The van der Waals surface area contributed by atoms with E-state index in [-0.39, 0.29) is 6.04 Å². The Bertz CT molecular complexity index is 614. The monoisotopic (exact) mass is 338 g/mol. The summed E-state index contributed by atoms with van der Waals surface area (Å²) in [6.07, 6.45) is 1.03. The van der Waals surface area contributed by atoms with Crippen molar-refractivity contribution >= 4 is 0 Å². The van der Waals surface area contributed by atoms with Crippen molar-refractivity contribution in [3.8, 4) is 5.69 Å². The van der Waals surface area contributed by atoms with Gasteiger partial charge in [-0.25, -0.2) is 4.68 Å². The van der Waals surface area contributed by atoms with Gasteiger partial charge in [-0.05, 0) is 49.7 Å². The lowest BCUT2D eigenvalue weighted by Gasteiger charge is -2.32. The molecule has 0 bridgehead atoms. The fourth-order valence-corrected chi connectivity index (χ4v) is 3.00. The maximum absolute atomic E-state index is 12.4. The fourth-order valence-electron chi connectivity index (χ4n) is 3.00. The van der Waals surface area contributed by atoms with E-state index in [1.54, 1.807) is 10.9 Å². The number of benzene rings is 1. The molecule has 0 unspecified atom stereocenters. The SMILES string of the molecule is FC(F)(F)CN1CCC(NCc2ccc(-n3cccn3)cc2)CC1. The van der Waals surface area contributed by atoms with Gasteiger partial charge in [0.15, 0.2) is 0 Å². The molecule has 3 rings (SSSR count). The van der Waals surface area contributed by atoms with Crippen LogP contribution in [0.3, 0.4) is 0 Å². The highest BCUT2D eigenvalue weighted by molar-refractivity contribution is 5.33. The van der Waals surface area contributed by atoms with E-state index in [1.807, 2.05) is 36.5 Å². The van der Waals surface area contributed by atoms with Crippen molar-refractivity contribution in [1.29, 1.82) is 0 Å². The van der Waals surface area contributed by atoms with Crippen LogP contribution < -0.4 is 5.32 Å². The molecule has 1 aliphatic heterocycles. The first kappa shape index (κ1) is 17.0. The fraction of sp³-hybridized carbons (Fsp3) is 0.471. The molecule has 1 aromatic heterocycles. The molecule has 0 radical (unpaired) electrons. The molecule has 0 spiro atoms. The minimum absolute atomic E-state index is 0.278. The largest absolute Gasteiger partial charge is 0.401 e. The predicted molar refractivity (Wildman–Crippen MR) is 85.9 cm³/mol. The Hall–Kier alpha value is -1.86. The molecule has 0 aliphatic carbocycles. The second-order valence-electron chi connectivity index (χ2n) is 6.16. The minimum atomic E-state index is -4.10. The molecule has 24 heavy (non-hydrogen) atoms. The lowest BCUT2D eigenvalue weighted by molar-refractivity contribution is -0.148. The van der Waals surface area contributed by atoms with Crippen LogP contribution in [0.5, 0.6) is 0 Å². The standard InChI is InChI=1S/C17H21F3N4/c18-17(19,20)13-23-10-6-15(7-11-23)21-12-14-2-4-16(5-3-14)24-9-1-8-22-24/h1-5,8-9,15,21H,6-7,10-13H2. The van der Waals surface area contributed by atoms with Crippen LogP contribution in [0, 0.1) is 0 Å². The molecule has 130 valence electrons. The number of likely N-dealkylation sites (tertiary alicyclic amines) is 1. The van der Waals surface area contributed by atoms with Gasteiger partial charge in [-0.15, -0.1) is 0 Å². The summed E-state index contributed by atoms with van der Waals surface area (Å²) in [7, 11) is 0. The highest BCUT2D eigenvalue weighted by atomic mass is 19.4. The Morgan fingerprint density at radius 2 is 1.83 bits per heavy atom. The van der Waals surface area contributed by atoms with Gasteiger partial charge < -0.3 is 5.32 Å². The van der Waals surface area contributed by atoms with Gasteiger partial charge in [-0.3, -0.25) is 4.90 Å². The first-order valence-electron chi connectivity index (χ1n) is 8.11. The quantitative estimate of drug-likeness (QED) is 0.910. The maximum atomic E-state index is 12.4. The number of piperidine rings is 1. The van der Waals surface area contributed by atoms with Gasteiger partial charge in [0.05, 0.1) is 12.2 Å². The van der Waals surface area contributed by atoms with Crippen LogP contribution in [0.15, 0.2) is 42.7 Å². The molecule has 1 aromatic carbocycles.